The largest absolute Gasteiger partial charge is 0.356 e. The average Bonchev–Trinajstić information content (AvgIpc) is 2.74. The number of nitrogens with one attached hydrogen (secondary N) is 2. The van der Waals surface area contributed by atoms with Crippen LogP contribution in [0, 0.1) is 5.41 Å². The van der Waals surface area contributed by atoms with Crippen molar-refractivity contribution in [2.24, 2.45) is 10.4 Å². The zero-order chi connectivity index (χ0) is 15.2. The fourth-order valence-electron chi connectivity index (χ4n) is 2.36. The summed E-state index contributed by atoms with van der Waals surface area (Å²) in [5.74, 6) is 1.01. The van der Waals surface area contributed by atoms with Crippen molar-refractivity contribution < 1.29 is 4.79 Å². The zero-order valence-corrected chi connectivity index (χ0v) is 16.4. The van der Waals surface area contributed by atoms with Gasteiger partial charge in [-0.3, -0.25) is 9.79 Å². The number of likely N-dealkylation sites (tertiary alicyclic amines) is 1. The molecule has 0 aromatic carbocycles. The highest BCUT2D eigenvalue weighted by Gasteiger charge is 2.30. The van der Waals surface area contributed by atoms with E-state index in [4.69, 9.17) is 0 Å². The lowest BCUT2D eigenvalue weighted by atomic mass is 9.93. The van der Waals surface area contributed by atoms with Crippen LogP contribution in [0.15, 0.2) is 4.99 Å². The molecule has 0 bridgehead atoms. The van der Waals surface area contributed by atoms with E-state index < -0.39 is 0 Å². The minimum atomic E-state index is 0. The summed E-state index contributed by atoms with van der Waals surface area (Å²) in [6.07, 6.45) is 2.63. The summed E-state index contributed by atoms with van der Waals surface area (Å²) in [5.41, 5.74) is 0.353. The van der Waals surface area contributed by atoms with E-state index in [1.807, 2.05) is 6.92 Å². The van der Waals surface area contributed by atoms with Crippen molar-refractivity contribution in [1.82, 2.24) is 15.5 Å². The lowest BCUT2D eigenvalue weighted by Gasteiger charge is -2.23. The van der Waals surface area contributed by atoms with Crippen LogP contribution in [0.25, 0.3) is 0 Å². The van der Waals surface area contributed by atoms with Crippen LogP contribution in [0.4, 0.5) is 0 Å². The Morgan fingerprint density at radius 2 is 2.10 bits per heavy atom. The van der Waals surface area contributed by atoms with Crippen molar-refractivity contribution in [3.63, 3.8) is 0 Å². The Labute approximate surface area is 146 Å². The molecular formula is C15H31IN4O. The second-order valence-corrected chi connectivity index (χ2v) is 6.44. The lowest BCUT2D eigenvalue weighted by Crippen LogP contribution is -2.42. The van der Waals surface area contributed by atoms with Gasteiger partial charge in [0.25, 0.3) is 0 Å². The molecule has 1 rings (SSSR count). The molecule has 0 spiro atoms. The molecule has 1 fully saturated rings. The summed E-state index contributed by atoms with van der Waals surface area (Å²) in [6, 6.07) is 0.251. The van der Waals surface area contributed by atoms with Gasteiger partial charge in [-0.15, -0.1) is 24.0 Å². The number of rotatable bonds is 5. The van der Waals surface area contributed by atoms with Crippen LogP contribution in [-0.2, 0) is 4.79 Å². The minimum absolute atomic E-state index is 0. The van der Waals surface area contributed by atoms with Gasteiger partial charge in [-0.05, 0) is 25.2 Å². The van der Waals surface area contributed by atoms with E-state index >= 15 is 0 Å². The predicted octanol–water partition coefficient (Wildman–Crippen LogP) is 2.22. The number of hydrogen-bond donors (Lipinski definition) is 2. The third-order valence-corrected chi connectivity index (χ3v) is 3.84. The van der Waals surface area contributed by atoms with Crippen LogP contribution >= 0.6 is 24.0 Å². The Hall–Kier alpha value is -0.530. The van der Waals surface area contributed by atoms with Gasteiger partial charge < -0.3 is 15.5 Å². The van der Waals surface area contributed by atoms with Crippen molar-refractivity contribution in [3.8, 4) is 0 Å². The highest BCUT2D eigenvalue weighted by Crippen LogP contribution is 2.28. The Balaban J connectivity index is 0.00000400. The highest BCUT2D eigenvalue weighted by atomic mass is 127. The molecule has 0 aromatic heterocycles. The van der Waals surface area contributed by atoms with Crippen LogP contribution in [-0.4, -0.2) is 49.5 Å². The van der Waals surface area contributed by atoms with Gasteiger partial charge in [0.2, 0.25) is 5.91 Å². The zero-order valence-electron chi connectivity index (χ0n) is 14.0. The number of carbonyl (C=O) groups is 1. The molecule has 1 amide bonds. The monoisotopic (exact) mass is 410 g/mol. The molecule has 0 radical (unpaired) electrons. The standard InChI is InChI=1S/C15H30N4O.HI/c1-6-12(2)18-13(20)7-9-17-14(16-5)19-10-8-15(3,4)11-19;/h12H,6-11H2,1-5H3,(H,16,17)(H,18,20);1H. The fourth-order valence-corrected chi connectivity index (χ4v) is 2.36. The first-order chi connectivity index (χ1) is 9.38. The van der Waals surface area contributed by atoms with E-state index in [0.29, 0.717) is 18.4 Å². The van der Waals surface area contributed by atoms with E-state index in [2.05, 4.69) is 41.3 Å². The molecule has 0 aromatic rings. The molecule has 21 heavy (non-hydrogen) atoms. The Morgan fingerprint density at radius 1 is 1.43 bits per heavy atom. The van der Waals surface area contributed by atoms with E-state index in [1.54, 1.807) is 7.05 Å². The van der Waals surface area contributed by atoms with E-state index in [-0.39, 0.29) is 35.9 Å². The van der Waals surface area contributed by atoms with E-state index in [0.717, 1.165) is 25.5 Å². The fraction of sp³-hybridized carbons (Fsp3) is 0.867. The predicted molar refractivity (Wildman–Crippen MR) is 99.3 cm³/mol. The highest BCUT2D eigenvalue weighted by molar-refractivity contribution is 14.0. The summed E-state index contributed by atoms with van der Waals surface area (Å²) < 4.78 is 0. The van der Waals surface area contributed by atoms with Crippen molar-refractivity contribution >= 4 is 35.8 Å². The number of amides is 1. The normalized spacial score (nSPS) is 18.9. The molecule has 1 heterocycles. The average molecular weight is 410 g/mol. The van der Waals surface area contributed by atoms with Gasteiger partial charge in [0.05, 0.1) is 0 Å². The maximum Gasteiger partial charge on any atom is 0.221 e. The first kappa shape index (κ1) is 20.5. The van der Waals surface area contributed by atoms with Crippen LogP contribution in [0.5, 0.6) is 0 Å². The van der Waals surface area contributed by atoms with Gasteiger partial charge in [0.1, 0.15) is 0 Å². The Morgan fingerprint density at radius 3 is 2.57 bits per heavy atom. The molecule has 1 aliphatic heterocycles. The Kier molecular flexibility index (Phi) is 9.24. The quantitative estimate of drug-likeness (QED) is 0.415. The SMILES string of the molecule is CCC(C)NC(=O)CCNC(=NC)N1CCC(C)(C)C1.I. The second kappa shape index (κ2) is 9.48. The smallest absolute Gasteiger partial charge is 0.221 e. The molecule has 0 saturated carbocycles. The lowest BCUT2D eigenvalue weighted by molar-refractivity contribution is -0.121. The summed E-state index contributed by atoms with van der Waals surface area (Å²) >= 11 is 0. The van der Waals surface area contributed by atoms with Crippen molar-refractivity contribution in [2.75, 3.05) is 26.7 Å². The topological polar surface area (TPSA) is 56.7 Å². The van der Waals surface area contributed by atoms with Crippen LogP contribution in [0.1, 0.15) is 47.0 Å². The number of aliphatic imine (C=N–C) groups is 1. The van der Waals surface area contributed by atoms with Crippen LogP contribution in [0.3, 0.4) is 0 Å². The molecule has 1 unspecified atom stereocenters. The van der Waals surface area contributed by atoms with Crippen LogP contribution in [0.2, 0.25) is 0 Å². The van der Waals surface area contributed by atoms with Gasteiger partial charge in [0.15, 0.2) is 5.96 Å². The van der Waals surface area contributed by atoms with Crippen molar-refractivity contribution in [3.05, 3.63) is 0 Å². The van der Waals surface area contributed by atoms with E-state index in [1.165, 1.54) is 6.42 Å². The van der Waals surface area contributed by atoms with Gasteiger partial charge in [0, 0.05) is 39.1 Å². The molecule has 6 heteroatoms. The van der Waals surface area contributed by atoms with Gasteiger partial charge in [-0.25, -0.2) is 0 Å². The third kappa shape index (κ3) is 7.33. The summed E-state index contributed by atoms with van der Waals surface area (Å²) in [4.78, 5) is 18.3. The molecule has 5 nitrogen and oxygen atoms in total. The maximum atomic E-state index is 11.7. The van der Waals surface area contributed by atoms with Gasteiger partial charge >= 0.3 is 0 Å². The van der Waals surface area contributed by atoms with Gasteiger partial charge in [-0.2, -0.15) is 0 Å². The maximum absolute atomic E-state index is 11.7. The molecule has 1 aliphatic rings. The summed E-state index contributed by atoms with van der Waals surface area (Å²) in [6.45, 7) is 11.3. The second-order valence-electron chi connectivity index (χ2n) is 6.44. The molecular weight excluding hydrogens is 379 g/mol. The van der Waals surface area contributed by atoms with Crippen molar-refractivity contribution in [2.45, 2.75) is 53.0 Å². The van der Waals surface area contributed by atoms with Crippen LogP contribution < -0.4 is 10.6 Å². The molecule has 2 N–H and O–H groups in total. The minimum Gasteiger partial charge on any atom is -0.356 e. The molecule has 0 aliphatic carbocycles. The molecule has 1 saturated heterocycles. The van der Waals surface area contributed by atoms with Gasteiger partial charge in [-0.1, -0.05) is 20.8 Å². The number of carbonyl (C=O) groups excluding carboxylic acids is 1. The first-order valence-corrected chi connectivity index (χ1v) is 7.63. The third-order valence-electron chi connectivity index (χ3n) is 3.84. The number of guanidine groups is 1. The van der Waals surface area contributed by atoms with Crippen molar-refractivity contribution in [1.29, 1.82) is 0 Å². The summed E-state index contributed by atoms with van der Waals surface area (Å²) in [5, 5.41) is 6.26. The number of hydrogen-bond acceptors (Lipinski definition) is 2. The summed E-state index contributed by atoms with van der Waals surface area (Å²) in [7, 11) is 1.80. The number of nitrogens with zero attached hydrogens (tertiary/aromatic N) is 2. The molecule has 124 valence electrons. The van der Waals surface area contributed by atoms with E-state index in [9.17, 15) is 4.79 Å². The number of halogens is 1. The first-order valence-electron chi connectivity index (χ1n) is 7.63. The molecule has 1 atom stereocenters. The Bertz CT molecular complexity index is 358.